The summed E-state index contributed by atoms with van der Waals surface area (Å²) in [5.74, 6) is -0.291. The fourth-order valence-corrected chi connectivity index (χ4v) is 4.86. The number of amides is 1. The zero-order valence-electron chi connectivity index (χ0n) is 18.4. The highest BCUT2D eigenvalue weighted by molar-refractivity contribution is 7.18. The molecule has 0 radical (unpaired) electrons. The van der Waals surface area contributed by atoms with Gasteiger partial charge in [0.2, 0.25) is 5.78 Å². The Balaban J connectivity index is 0.00000180. The number of piperidine rings is 1. The van der Waals surface area contributed by atoms with Crippen molar-refractivity contribution in [3.8, 4) is 11.1 Å². The third kappa shape index (κ3) is 4.61. The van der Waals surface area contributed by atoms with E-state index in [2.05, 4.69) is 20.7 Å². The molecule has 1 aliphatic heterocycles. The molecule has 5 rings (SSSR count). The fourth-order valence-electron chi connectivity index (χ4n) is 4.01. The molecule has 8 nitrogen and oxygen atoms in total. The summed E-state index contributed by atoms with van der Waals surface area (Å²) in [4.78, 5) is 30.4. The molecule has 1 aliphatic rings. The van der Waals surface area contributed by atoms with Gasteiger partial charge in [0.1, 0.15) is 5.82 Å². The first-order valence-corrected chi connectivity index (χ1v) is 11.9. The van der Waals surface area contributed by atoms with Crippen LogP contribution in [0.15, 0.2) is 67.1 Å². The number of carbonyl (C=O) groups excluding carboxylic acids is 2. The second-order valence-electron chi connectivity index (χ2n) is 8.16. The number of nitrogens with two attached hydrogens (primary N) is 1. The van der Waals surface area contributed by atoms with Gasteiger partial charge in [-0.2, -0.15) is 5.10 Å². The summed E-state index contributed by atoms with van der Waals surface area (Å²) in [7, 11) is 0. The Hall–Kier alpha value is -3.82. The smallest absolute Gasteiger partial charge is 0.256 e. The molecule has 4 N–H and O–H groups in total. The fraction of sp³-hybridized carbons (Fsp3) is 0.200. The maximum atomic E-state index is 13.2. The number of thiophene rings is 1. The van der Waals surface area contributed by atoms with Gasteiger partial charge in [-0.05, 0) is 56.3 Å². The van der Waals surface area contributed by atoms with Gasteiger partial charge < -0.3 is 16.4 Å². The van der Waals surface area contributed by atoms with Crippen LogP contribution in [0, 0.1) is 0 Å². The molecule has 1 saturated heterocycles. The lowest BCUT2D eigenvalue weighted by molar-refractivity contribution is 0.102. The minimum atomic E-state index is -0.234. The number of hydrogen-bond donors (Lipinski definition) is 3. The Labute approximate surface area is 203 Å². The van der Waals surface area contributed by atoms with E-state index in [1.54, 1.807) is 54.9 Å². The van der Waals surface area contributed by atoms with Crippen molar-refractivity contribution in [2.75, 3.05) is 24.1 Å². The van der Waals surface area contributed by atoms with Crippen molar-refractivity contribution in [1.82, 2.24) is 20.1 Å². The first kappa shape index (κ1) is 22.0. The molecule has 0 bridgehead atoms. The highest BCUT2D eigenvalue weighted by Crippen LogP contribution is 2.29. The molecule has 1 amide bonds. The zero-order valence-corrected chi connectivity index (χ0v) is 19.2. The number of nitrogens with zero attached hydrogens (tertiary/aromatic N) is 3. The number of anilines is 2. The van der Waals surface area contributed by atoms with Crippen LogP contribution in [0.2, 0.25) is 0 Å². The first-order valence-electron chi connectivity index (χ1n) is 11.1. The number of carbonyl (C=O) groups is 2. The van der Waals surface area contributed by atoms with E-state index >= 15 is 0 Å². The standard InChI is InChI=1S/C25H24N6O2S.2H2/c26-24-20(12-17(13-28-24)18-14-29-31(15-18)19-8-10-27-11-9-19)23(32)21-6-7-22(34-21)30-25(33)16-4-2-1-3-5-16;;/h1-7,12-15,19,27H,8-11H2,(H2,26,28)(H,30,33);2*1H. The van der Waals surface area contributed by atoms with E-state index in [0.717, 1.165) is 37.1 Å². The third-order valence-corrected chi connectivity index (χ3v) is 6.88. The molecule has 9 heteroatoms. The normalized spacial score (nSPS) is 14.1. The number of ketones is 1. The highest BCUT2D eigenvalue weighted by Gasteiger charge is 2.20. The van der Waals surface area contributed by atoms with Gasteiger partial charge in [-0.15, -0.1) is 11.3 Å². The Morgan fingerprint density at radius 3 is 2.68 bits per heavy atom. The molecule has 176 valence electrons. The van der Waals surface area contributed by atoms with Gasteiger partial charge in [0, 0.05) is 31.9 Å². The van der Waals surface area contributed by atoms with Crippen molar-refractivity contribution < 1.29 is 12.4 Å². The van der Waals surface area contributed by atoms with Crippen molar-refractivity contribution in [2.24, 2.45) is 0 Å². The zero-order chi connectivity index (χ0) is 23.5. The van der Waals surface area contributed by atoms with Gasteiger partial charge in [-0.1, -0.05) is 18.2 Å². The molecule has 0 saturated carbocycles. The SMILES string of the molecule is Nc1ncc(-c2cnn(C3CCNCC3)c2)cc1C(=O)c1ccc(NC(=O)c2ccccc2)s1.[HH].[HH]. The van der Waals surface area contributed by atoms with Crippen LogP contribution < -0.4 is 16.4 Å². The summed E-state index contributed by atoms with van der Waals surface area (Å²) < 4.78 is 2.00. The summed E-state index contributed by atoms with van der Waals surface area (Å²) in [6.45, 7) is 1.97. The number of nitrogen functional groups attached to an aromatic ring is 1. The number of pyridine rings is 1. The molecule has 0 aliphatic carbocycles. The second-order valence-corrected chi connectivity index (χ2v) is 9.24. The lowest BCUT2D eigenvalue weighted by Gasteiger charge is -2.22. The quantitative estimate of drug-likeness (QED) is 0.353. The Bertz CT molecular complexity index is 1340. The van der Waals surface area contributed by atoms with E-state index in [4.69, 9.17) is 5.73 Å². The molecular weight excluding hydrogens is 448 g/mol. The predicted octanol–water partition coefficient (Wildman–Crippen LogP) is 4.49. The topological polar surface area (TPSA) is 115 Å². The van der Waals surface area contributed by atoms with Crippen LogP contribution in [-0.2, 0) is 0 Å². The lowest BCUT2D eigenvalue weighted by atomic mass is 10.0. The first-order chi connectivity index (χ1) is 16.6. The van der Waals surface area contributed by atoms with Crippen LogP contribution in [0.5, 0.6) is 0 Å². The van der Waals surface area contributed by atoms with Crippen molar-refractivity contribution >= 4 is 33.8 Å². The molecule has 34 heavy (non-hydrogen) atoms. The van der Waals surface area contributed by atoms with Gasteiger partial charge in [0.25, 0.3) is 5.91 Å². The maximum Gasteiger partial charge on any atom is 0.256 e. The van der Waals surface area contributed by atoms with Crippen LogP contribution in [-0.4, -0.2) is 39.5 Å². The van der Waals surface area contributed by atoms with Crippen molar-refractivity contribution in [3.63, 3.8) is 0 Å². The summed E-state index contributed by atoms with van der Waals surface area (Å²) in [5, 5.41) is 11.3. The largest absolute Gasteiger partial charge is 0.383 e. The van der Waals surface area contributed by atoms with E-state index in [1.165, 1.54) is 11.3 Å². The summed E-state index contributed by atoms with van der Waals surface area (Å²) in [5.41, 5.74) is 8.62. The van der Waals surface area contributed by atoms with Gasteiger partial charge in [-0.3, -0.25) is 14.3 Å². The van der Waals surface area contributed by atoms with E-state index in [0.29, 0.717) is 27.0 Å². The molecule has 3 aromatic heterocycles. The summed E-state index contributed by atoms with van der Waals surface area (Å²) >= 11 is 1.20. The molecule has 4 heterocycles. The maximum absolute atomic E-state index is 13.2. The van der Waals surface area contributed by atoms with Crippen molar-refractivity contribution in [3.05, 3.63) is 83.1 Å². The number of rotatable bonds is 6. The summed E-state index contributed by atoms with van der Waals surface area (Å²) in [6.07, 6.45) is 7.53. The molecule has 0 atom stereocenters. The van der Waals surface area contributed by atoms with E-state index < -0.39 is 0 Å². The average molecular weight is 477 g/mol. The molecule has 4 aromatic rings. The van der Waals surface area contributed by atoms with Crippen LogP contribution in [0.4, 0.5) is 10.8 Å². The summed E-state index contributed by atoms with van der Waals surface area (Å²) in [6, 6.07) is 14.5. The van der Waals surface area contributed by atoms with Crippen LogP contribution in [0.1, 0.15) is 47.3 Å². The minimum absolute atomic E-state index is 0. The van der Waals surface area contributed by atoms with Crippen LogP contribution >= 0.6 is 11.3 Å². The van der Waals surface area contributed by atoms with Gasteiger partial charge in [0.05, 0.1) is 27.7 Å². The van der Waals surface area contributed by atoms with Crippen molar-refractivity contribution in [2.45, 2.75) is 18.9 Å². The minimum Gasteiger partial charge on any atom is -0.383 e. The number of aromatic nitrogens is 3. The second kappa shape index (κ2) is 9.58. The predicted molar refractivity (Wildman–Crippen MR) is 137 cm³/mol. The average Bonchev–Trinajstić information content (AvgIpc) is 3.55. The third-order valence-electron chi connectivity index (χ3n) is 5.88. The molecule has 1 fully saturated rings. The monoisotopic (exact) mass is 476 g/mol. The Morgan fingerprint density at radius 2 is 1.88 bits per heavy atom. The highest BCUT2D eigenvalue weighted by atomic mass is 32.1. The van der Waals surface area contributed by atoms with Gasteiger partial charge in [-0.25, -0.2) is 4.98 Å². The molecule has 1 aromatic carbocycles. The number of hydrogen-bond acceptors (Lipinski definition) is 7. The number of nitrogens with one attached hydrogen (secondary N) is 2. The number of benzene rings is 1. The Morgan fingerprint density at radius 1 is 1.09 bits per heavy atom. The molecular formula is C25H28N6O2S. The van der Waals surface area contributed by atoms with E-state index in [1.807, 2.05) is 16.9 Å². The van der Waals surface area contributed by atoms with Crippen molar-refractivity contribution in [1.29, 1.82) is 0 Å². The van der Waals surface area contributed by atoms with E-state index in [-0.39, 0.29) is 20.4 Å². The van der Waals surface area contributed by atoms with Gasteiger partial charge >= 0.3 is 0 Å². The van der Waals surface area contributed by atoms with Crippen LogP contribution in [0.3, 0.4) is 0 Å². The lowest BCUT2D eigenvalue weighted by Crippen LogP contribution is -2.29. The molecule has 0 unspecified atom stereocenters. The van der Waals surface area contributed by atoms with E-state index in [9.17, 15) is 9.59 Å². The Kier molecular flexibility index (Phi) is 6.20. The molecule has 0 spiro atoms. The van der Waals surface area contributed by atoms with Gasteiger partial charge in [0.15, 0.2) is 0 Å². The van der Waals surface area contributed by atoms with Crippen LogP contribution in [0.25, 0.3) is 11.1 Å².